The molecule has 0 radical (unpaired) electrons. The quantitative estimate of drug-likeness (QED) is 0.829. The van der Waals surface area contributed by atoms with Crippen LogP contribution in [0.3, 0.4) is 0 Å². The number of benzene rings is 1. The molecule has 0 spiro atoms. The van der Waals surface area contributed by atoms with Gasteiger partial charge < -0.3 is 9.53 Å². The number of rotatable bonds is 3. The van der Waals surface area contributed by atoms with E-state index in [4.69, 9.17) is 9.53 Å². The van der Waals surface area contributed by atoms with Gasteiger partial charge in [-0.05, 0) is 38.2 Å². The van der Waals surface area contributed by atoms with Gasteiger partial charge in [-0.2, -0.15) is 0 Å². The molecule has 1 aromatic rings. The van der Waals surface area contributed by atoms with Gasteiger partial charge >= 0.3 is 5.97 Å². The first-order valence-corrected chi connectivity index (χ1v) is 8.34. The van der Waals surface area contributed by atoms with E-state index in [9.17, 15) is 9.18 Å². The zero-order valence-corrected chi connectivity index (χ0v) is 10.8. The fourth-order valence-corrected chi connectivity index (χ4v) is 2.18. The SMILES string of the molecule is Cc1ccc(F)c(C(=O)O)c1O[Si](C)(C)C. The van der Waals surface area contributed by atoms with E-state index < -0.39 is 20.1 Å². The second kappa shape index (κ2) is 4.25. The van der Waals surface area contributed by atoms with E-state index in [0.717, 1.165) is 6.07 Å². The summed E-state index contributed by atoms with van der Waals surface area (Å²) in [5.74, 6) is -1.90. The second-order valence-corrected chi connectivity index (χ2v) is 9.02. The molecule has 0 aliphatic carbocycles. The van der Waals surface area contributed by atoms with Gasteiger partial charge in [-0.1, -0.05) is 6.07 Å². The maximum absolute atomic E-state index is 13.4. The summed E-state index contributed by atoms with van der Waals surface area (Å²) >= 11 is 0. The smallest absolute Gasteiger partial charge is 0.342 e. The van der Waals surface area contributed by atoms with Gasteiger partial charge in [0, 0.05) is 0 Å². The Hall–Kier alpha value is -1.36. The van der Waals surface area contributed by atoms with Crippen LogP contribution in [0.5, 0.6) is 5.75 Å². The second-order valence-electron chi connectivity index (χ2n) is 4.59. The third kappa shape index (κ3) is 2.82. The van der Waals surface area contributed by atoms with E-state index in [-0.39, 0.29) is 11.3 Å². The van der Waals surface area contributed by atoms with Crippen LogP contribution < -0.4 is 4.43 Å². The van der Waals surface area contributed by atoms with E-state index in [1.165, 1.54) is 6.07 Å². The summed E-state index contributed by atoms with van der Waals surface area (Å²) < 4.78 is 19.0. The minimum absolute atomic E-state index is 0.159. The van der Waals surface area contributed by atoms with E-state index in [2.05, 4.69) is 0 Å². The van der Waals surface area contributed by atoms with Crippen molar-refractivity contribution in [3.8, 4) is 5.75 Å². The molecule has 16 heavy (non-hydrogen) atoms. The zero-order valence-electron chi connectivity index (χ0n) is 9.80. The maximum Gasteiger partial charge on any atom is 0.342 e. The number of halogens is 1. The van der Waals surface area contributed by atoms with Gasteiger partial charge in [-0.25, -0.2) is 9.18 Å². The molecule has 1 aromatic carbocycles. The van der Waals surface area contributed by atoms with Crippen molar-refractivity contribution in [2.75, 3.05) is 0 Å². The summed E-state index contributed by atoms with van der Waals surface area (Å²) in [6.07, 6.45) is 0. The van der Waals surface area contributed by atoms with Crippen molar-refractivity contribution in [1.82, 2.24) is 0 Å². The summed E-state index contributed by atoms with van der Waals surface area (Å²) in [7, 11) is -1.96. The van der Waals surface area contributed by atoms with Crippen molar-refractivity contribution in [2.24, 2.45) is 0 Å². The normalized spacial score (nSPS) is 11.3. The first kappa shape index (κ1) is 12.7. The van der Waals surface area contributed by atoms with Crippen LogP contribution in [0, 0.1) is 12.7 Å². The van der Waals surface area contributed by atoms with Crippen molar-refractivity contribution < 1.29 is 18.7 Å². The molecule has 0 aliphatic rings. The minimum Gasteiger partial charge on any atom is -0.543 e. The Morgan fingerprint density at radius 2 is 1.94 bits per heavy atom. The van der Waals surface area contributed by atoms with Gasteiger partial charge in [0.2, 0.25) is 8.32 Å². The third-order valence-electron chi connectivity index (χ3n) is 1.93. The summed E-state index contributed by atoms with van der Waals surface area (Å²) in [6, 6.07) is 2.67. The van der Waals surface area contributed by atoms with E-state index in [1.807, 2.05) is 19.6 Å². The van der Waals surface area contributed by atoms with Crippen LogP contribution in [-0.2, 0) is 0 Å². The Morgan fingerprint density at radius 1 is 1.38 bits per heavy atom. The van der Waals surface area contributed by atoms with E-state index in [1.54, 1.807) is 6.92 Å². The van der Waals surface area contributed by atoms with Crippen LogP contribution in [0.2, 0.25) is 19.6 Å². The van der Waals surface area contributed by atoms with Crippen molar-refractivity contribution in [3.05, 3.63) is 29.1 Å². The first-order valence-electron chi connectivity index (χ1n) is 4.94. The lowest BCUT2D eigenvalue weighted by Crippen LogP contribution is -2.30. The number of carbonyl (C=O) groups is 1. The molecule has 0 saturated carbocycles. The Morgan fingerprint density at radius 3 is 2.38 bits per heavy atom. The number of hydrogen-bond acceptors (Lipinski definition) is 2. The molecule has 88 valence electrons. The molecule has 0 atom stereocenters. The van der Waals surface area contributed by atoms with Gasteiger partial charge in [-0.15, -0.1) is 0 Å². The third-order valence-corrected chi connectivity index (χ3v) is 2.74. The molecule has 0 saturated heterocycles. The minimum atomic E-state index is -1.96. The molecule has 0 amide bonds. The van der Waals surface area contributed by atoms with Crippen molar-refractivity contribution in [3.63, 3.8) is 0 Å². The number of aromatic carboxylic acids is 1. The average Bonchev–Trinajstić information content (AvgIpc) is 2.08. The molecule has 3 nitrogen and oxygen atoms in total. The van der Waals surface area contributed by atoms with Gasteiger partial charge in [0.1, 0.15) is 17.1 Å². The lowest BCUT2D eigenvalue weighted by Gasteiger charge is -2.22. The molecule has 5 heteroatoms. The average molecular weight is 242 g/mol. The fraction of sp³-hybridized carbons (Fsp3) is 0.364. The highest BCUT2D eigenvalue weighted by atomic mass is 28.4. The maximum atomic E-state index is 13.4. The van der Waals surface area contributed by atoms with Crippen LogP contribution >= 0.6 is 0 Å². The van der Waals surface area contributed by atoms with Gasteiger partial charge in [0.25, 0.3) is 0 Å². The summed E-state index contributed by atoms with van der Waals surface area (Å²) in [5, 5.41) is 8.96. The summed E-state index contributed by atoms with van der Waals surface area (Å²) in [5.41, 5.74) is 0.267. The Labute approximate surface area is 95.0 Å². The number of hydrogen-bond donors (Lipinski definition) is 1. The lowest BCUT2D eigenvalue weighted by atomic mass is 10.1. The largest absolute Gasteiger partial charge is 0.543 e. The first-order chi connectivity index (χ1) is 7.22. The van der Waals surface area contributed by atoms with Crippen LogP contribution in [0.15, 0.2) is 12.1 Å². The molecular weight excluding hydrogens is 227 g/mol. The molecular formula is C11H15FO3Si. The molecule has 0 aliphatic heterocycles. The number of carboxylic acid groups (broad SMARTS) is 1. The van der Waals surface area contributed by atoms with Crippen LogP contribution in [0.25, 0.3) is 0 Å². The predicted molar refractivity (Wildman–Crippen MR) is 62.1 cm³/mol. The molecule has 0 bridgehead atoms. The number of aryl methyl sites for hydroxylation is 1. The van der Waals surface area contributed by atoms with Crippen LogP contribution in [0.4, 0.5) is 4.39 Å². The Bertz CT molecular complexity index is 424. The summed E-state index contributed by atoms with van der Waals surface area (Å²) in [6.45, 7) is 7.47. The molecule has 0 unspecified atom stereocenters. The topological polar surface area (TPSA) is 46.5 Å². The fourth-order valence-electron chi connectivity index (χ4n) is 1.30. The number of carboxylic acids is 1. The Kier molecular flexibility index (Phi) is 3.37. The highest BCUT2D eigenvalue weighted by molar-refractivity contribution is 6.70. The monoisotopic (exact) mass is 242 g/mol. The summed E-state index contributed by atoms with van der Waals surface area (Å²) in [4.78, 5) is 11.0. The highest BCUT2D eigenvalue weighted by Gasteiger charge is 2.24. The molecule has 0 fully saturated rings. The van der Waals surface area contributed by atoms with Crippen molar-refractivity contribution in [1.29, 1.82) is 0 Å². The van der Waals surface area contributed by atoms with Crippen molar-refractivity contribution >= 4 is 14.3 Å². The molecule has 1 N–H and O–H groups in total. The van der Waals surface area contributed by atoms with Crippen molar-refractivity contribution in [2.45, 2.75) is 26.6 Å². The highest BCUT2D eigenvalue weighted by Crippen LogP contribution is 2.28. The van der Waals surface area contributed by atoms with Crippen LogP contribution in [-0.4, -0.2) is 19.4 Å². The van der Waals surface area contributed by atoms with E-state index >= 15 is 0 Å². The van der Waals surface area contributed by atoms with Gasteiger partial charge in [0.05, 0.1) is 0 Å². The van der Waals surface area contributed by atoms with E-state index in [0.29, 0.717) is 5.56 Å². The van der Waals surface area contributed by atoms with Gasteiger partial charge in [-0.3, -0.25) is 0 Å². The van der Waals surface area contributed by atoms with Gasteiger partial charge in [0.15, 0.2) is 0 Å². The lowest BCUT2D eigenvalue weighted by molar-refractivity contribution is 0.0689. The van der Waals surface area contributed by atoms with Crippen LogP contribution in [0.1, 0.15) is 15.9 Å². The Balaban J connectivity index is 3.35. The zero-order chi connectivity index (χ0) is 12.5. The molecule has 0 aromatic heterocycles. The molecule has 1 rings (SSSR count). The predicted octanol–water partition coefficient (Wildman–Crippen LogP) is 3.05. The molecule has 0 heterocycles. The standard InChI is InChI=1S/C11H15FO3Si/c1-7-5-6-8(12)9(11(13)14)10(7)15-16(2,3)4/h5-6H,1-4H3,(H,13,14).